The largest absolute Gasteiger partial charge is 0.436 e. The second-order valence-electron chi connectivity index (χ2n) is 3.94. The Morgan fingerprint density at radius 3 is 2.68 bits per heavy atom. The van der Waals surface area contributed by atoms with E-state index in [0.717, 1.165) is 5.56 Å². The first-order valence-electron chi connectivity index (χ1n) is 5.43. The van der Waals surface area contributed by atoms with E-state index in [4.69, 9.17) is 32.9 Å². The number of oxazole rings is 1. The topological polar surface area (TPSA) is 49.8 Å². The molecule has 1 aromatic heterocycles. The number of nitrogens with zero attached hydrogens (tertiary/aromatic N) is 2. The summed E-state index contributed by atoms with van der Waals surface area (Å²) < 4.78 is 5.63. The molecule has 0 amide bonds. The first kappa shape index (κ1) is 12.0. The SMILES string of the molecule is N#Cc1ccc(-c2nc3cc(Cl)ccc3o2)cc1Cl. The van der Waals surface area contributed by atoms with E-state index in [0.29, 0.717) is 32.6 Å². The minimum atomic E-state index is 0.375. The summed E-state index contributed by atoms with van der Waals surface area (Å²) in [6, 6.07) is 12.3. The van der Waals surface area contributed by atoms with E-state index in [1.165, 1.54) is 0 Å². The molecule has 92 valence electrons. The third-order valence-electron chi connectivity index (χ3n) is 2.69. The van der Waals surface area contributed by atoms with Gasteiger partial charge in [0.05, 0.1) is 10.6 Å². The highest BCUT2D eigenvalue weighted by Crippen LogP contribution is 2.28. The summed E-state index contributed by atoms with van der Waals surface area (Å²) in [7, 11) is 0. The summed E-state index contributed by atoms with van der Waals surface area (Å²) in [5.74, 6) is 0.448. The first-order valence-corrected chi connectivity index (χ1v) is 6.19. The maximum atomic E-state index is 8.84. The number of hydrogen-bond acceptors (Lipinski definition) is 3. The molecule has 0 bridgehead atoms. The van der Waals surface area contributed by atoms with Crippen LogP contribution in [-0.4, -0.2) is 4.98 Å². The van der Waals surface area contributed by atoms with Crippen molar-refractivity contribution in [2.75, 3.05) is 0 Å². The number of nitriles is 1. The van der Waals surface area contributed by atoms with Crippen LogP contribution >= 0.6 is 23.2 Å². The Hall–Kier alpha value is -2.02. The van der Waals surface area contributed by atoms with E-state index < -0.39 is 0 Å². The Bertz CT molecular complexity index is 818. The van der Waals surface area contributed by atoms with Gasteiger partial charge in [0.15, 0.2) is 5.58 Å². The number of hydrogen-bond donors (Lipinski definition) is 0. The molecule has 2 aromatic carbocycles. The fraction of sp³-hybridized carbons (Fsp3) is 0. The van der Waals surface area contributed by atoms with Crippen LogP contribution in [0.15, 0.2) is 40.8 Å². The van der Waals surface area contributed by atoms with Crippen LogP contribution in [0.2, 0.25) is 10.0 Å². The van der Waals surface area contributed by atoms with E-state index in [2.05, 4.69) is 4.98 Å². The third-order valence-corrected chi connectivity index (χ3v) is 3.23. The fourth-order valence-electron chi connectivity index (χ4n) is 1.76. The third kappa shape index (κ3) is 2.17. The van der Waals surface area contributed by atoms with E-state index in [1.54, 1.807) is 36.4 Å². The van der Waals surface area contributed by atoms with Crippen molar-refractivity contribution in [2.45, 2.75) is 0 Å². The number of aromatic nitrogens is 1. The standard InChI is InChI=1S/C14H6Cl2N2O/c15-10-3-4-13-12(6-10)18-14(19-13)8-1-2-9(7-17)11(16)5-8/h1-6H. The number of rotatable bonds is 1. The Morgan fingerprint density at radius 1 is 1.11 bits per heavy atom. The number of benzene rings is 2. The number of fused-ring (bicyclic) bond motifs is 1. The second kappa shape index (κ2) is 4.58. The van der Waals surface area contributed by atoms with Gasteiger partial charge in [-0.15, -0.1) is 0 Å². The Balaban J connectivity index is 2.14. The predicted octanol–water partition coefficient (Wildman–Crippen LogP) is 4.67. The Kier molecular flexibility index (Phi) is 2.90. The highest BCUT2D eigenvalue weighted by atomic mass is 35.5. The summed E-state index contributed by atoms with van der Waals surface area (Å²) >= 11 is 11.9. The molecule has 0 aliphatic carbocycles. The summed E-state index contributed by atoms with van der Waals surface area (Å²) in [5, 5.41) is 9.81. The van der Waals surface area contributed by atoms with Crippen molar-refractivity contribution < 1.29 is 4.42 Å². The molecule has 19 heavy (non-hydrogen) atoms. The minimum absolute atomic E-state index is 0.375. The maximum absolute atomic E-state index is 8.84. The smallest absolute Gasteiger partial charge is 0.227 e. The first-order chi connectivity index (χ1) is 9.17. The van der Waals surface area contributed by atoms with Crippen LogP contribution in [0.1, 0.15) is 5.56 Å². The van der Waals surface area contributed by atoms with Gasteiger partial charge < -0.3 is 4.42 Å². The molecule has 0 radical (unpaired) electrons. The molecule has 0 aliphatic heterocycles. The monoisotopic (exact) mass is 288 g/mol. The molecular formula is C14H6Cl2N2O. The molecule has 5 heteroatoms. The van der Waals surface area contributed by atoms with Crippen LogP contribution in [0, 0.1) is 11.3 Å². The fourth-order valence-corrected chi connectivity index (χ4v) is 2.15. The lowest BCUT2D eigenvalue weighted by molar-refractivity contribution is 0.620. The molecule has 1 heterocycles. The van der Waals surface area contributed by atoms with E-state index in [1.807, 2.05) is 6.07 Å². The Morgan fingerprint density at radius 2 is 1.95 bits per heavy atom. The van der Waals surface area contributed by atoms with E-state index in [9.17, 15) is 0 Å². The highest BCUT2D eigenvalue weighted by molar-refractivity contribution is 6.32. The van der Waals surface area contributed by atoms with Crippen LogP contribution in [0.3, 0.4) is 0 Å². The van der Waals surface area contributed by atoms with Gasteiger partial charge in [-0.2, -0.15) is 5.26 Å². The van der Waals surface area contributed by atoms with Crippen molar-refractivity contribution in [3.63, 3.8) is 0 Å². The van der Waals surface area contributed by atoms with Gasteiger partial charge in [-0.05, 0) is 36.4 Å². The average Bonchev–Trinajstić information content (AvgIpc) is 2.81. The predicted molar refractivity (Wildman–Crippen MR) is 74.2 cm³/mol. The highest BCUT2D eigenvalue weighted by Gasteiger charge is 2.10. The lowest BCUT2D eigenvalue weighted by Crippen LogP contribution is -1.81. The molecule has 0 unspecified atom stereocenters. The van der Waals surface area contributed by atoms with Gasteiger partial charge >= 0.3 is 0 Å². The van der Waals surface area contributed by atoms with Gasteiger partial charge in [-0.3, -0.25) is 0 Å². The molecule has 0 atom stereocenters. The van der Waals surface area contributed by atoms with Crippen molar-refractivity contribution in [1.82, 2.24) is 4.98 Å². The summed E-state index contributed by atoms with van der Waals surface area (Å²) in [4.78, 5) is 4.35. The average molecular weight is 289 g/mol. The second-order valence-corrected chi connectivity index (χ2v) is 4.78. The van der Waals surface area contributed by atoms with Gasteiger partial charge in [0, 0.05) is 10.6 Å². The van der Waals surface area contributed by atoms with Crippen LogP contribution in [-0.2, 0) is 0 Å². The van der Waals surface area contributed by atoms with Crippen molar-refractivity contribution in [3.8, 4) is 17.5 Å². The lowest BCUT2D eigenvalue weighted by atomic mass is 10.1. The molecule has 0 saturated heterocycles. The van der Waals surface area contributed by atoms with Crippen molar-refractivity contribution >= 4 is 34.3 Å². The molecule has 3 rings (SSSR count). The zero-order chi connectivity index (χ0) is 13.4. The summed E-state index contributed by atoms with van der Waals surface area (Å²) in [6.45, 7) is 0. The van der Waals surface area contributed by atoms with Crippen LogP contribution in [0.5, 0.6) is 0 Å². The van der Waals surface area contributed by atoms with Crippen LogP contribution in [0.25, 0.3) is 22.6 Å². The maximum Gasteiger partial charge on any atom is 0.227 e. The summed E-state index contributed by atoms with van der Waals surface area (Å²) in [6.07, 6.45) is 0. The van der Waals surface area contributed by atoms with Crippen molar-refractivity contribution in [2.24, 2.45) is 0 Å². The van der Waals surface area contributed by atoms with Crippen LogP contribution < -0.4 is 0 Å². The normalized spacial score (nSPS) is 10.6. The Labute approximate surface area is 119 Å². The molecule has 0 N–H and O–H groups in total. The van der Waals surface area contributed by atoms with Crippen molar-refractivity contribution in [1.29, 1.82) is 5.26 Å². The summed E-state index contributed by atoms with van der Waals surface area (Å²) in [5.41, 5.74) is 2.48. The molecule has 3 nitrogen and oxygen atoms in total. The zero-order valence-corrected chi connectivity index (χ0v) is 11.0. The molecule has 0 spiro atoms. The number of halogens is 2. The van der Waals surface area contributed by atoms with E-state index in [-0.39, 0.29) is 0 Å². The molecule has 0 aliphatic rings. The molecule has 0 saturated carbocycles. The van der Waals surface area contributed by atoms with Gasteiger partial charge in [-0.25, -0.2) is 4.98 Å². The molecule has 3 aromatic rings. The van der Waals surface area contributed by atoms with E-state index >= 15 is 0 Å². The lowest BCUT2D eigenvalue weighted by Gasteiger charge is -1.97. The van der Waals surface area contributed by atoms with Gasteiger partial charge in [0.25, 0.3) is 0 Å². The van der Waals surface area contributed by atoms with Gasteiger partial charge in [-0.1, -0.05) is 23.2 Å². The van der Waals surface area contributed by atoms with Crippen molar-refractivity contribution in [3.05, 3.63) is 52.0 Å². The zero-order valence-electron chi connectivity index (χ0n) is 9.52. The van der Waals surface area contributed by atoms with Gasteiger partial charge in [0.2, 0.25) is 5.89 Å². The van der Waals surface area contributed by atoms with Crippen LogP contribution in [0.4, 0.5) is 0 Å². The van der Waals surface area contributed by atoms with Gasteiger partial charge in [0.1, 0.15) is 11.6 Å². The quantitative estimate of drug-likeness (QED) is 0.654. The molecule has 0 fully saturated rings. The minimum Gasteiger partial charge on any atom is -0.436 e. The molecular weight excluding hydrogens is 283 g/mol.